The molecule has 1 aromatic rings. The van der Waals surface area contributed by atoms with Crippen molar-refractivity contribution in [3.8, 4) is 0 Å². The van der Waals surface area contributed by atoms with Gasteiger partial charge in [-0.1, -0.05) is 17.9 Å². The van der Waals surface area contributed by atoms with Crippen molar-refractivity contribution in [3.05, 3.63) is 40.0 Å². The normalized spacial score (nSPS) is 10.0. The number of hydrogen-bond acceptors (Lipinski definition) is 5. The van der Waals surface area contributed by atoms with Crippen LogP contribution in [0.15, 0.2) is 24.3 Å². The summed E-state index contributed by atoms with van der Waals surface area (Å²) in [4.78, 5) is 10.1. The van der Waals surface area contributed by atoms with Crippen molar-refractivity contribution < 1.29 is 9.66 Å². The lowest BCUT2D eigenvalue weighted by atomic mass is 10.3. The third-order valence-corrected chi connectivity index (χ3v) is 2.81. The average Bonchev–Trinajstić information content (AvgIpc) is 2.72. The highest BCUT2D eigenvalue weighted by molar-refractivity contribution is 7.13. The van der Waals surface area contributed by atoms with Gasteiger partial charge in [0.15, 0.2) is 0 Å². The molecule has 1 N–H and O–H groups in total. The van der Waals surface area contributed by atoms with Crippen LogP contribution in [-0.4, -0.2) is 18.1 Å². The van der Waals surface area contributed by atoms with Gasteiger partial charge in [-0.2, -0.15) is 0 Å². The molecule has 0 aliphatic heterocycles. The number of ether oxygens (including phenoxy) is 1. The summed E-state index contributed by atoms with van der Waals surface area (Å²) in [6.07, 6.45) is 2.31. The molecule has 16 heavy (non-hydrogen) atoms. The van der Waals surface area contributed by atoms with Crippen molar-refractivity contribution in [3.63, 3.8) is 0 Å². The summed E-state index contributed by atoms with van der Waals surface area (Å²) >= 11 is 1.15. The second-order valence-corrected chi connectivity index (χ2v) is 4.01. The molecule has 0 amide bonds. The zero-order valence-electron chi connectivity index (χ0n) is 8.85. The first-order chi connectivity index (χ1) is 7.74. The van der Waals surface area contributed by atoms with Crippen LogP contribution < -0.4 is 5.32 Å². The second kappa shape index (κ2) is 6.97. The predicted octanol–water partition coefficient (Wildman–Crippen LogP) is 2.30. The number of nitrogens with zero attached hydrogens (tertiary/aromatic N) is 1. The van der Waals surface area contributed by atoms with Gasteiger partial charge >= 0.3 is 5.00 Å². The Balaban J connectivity index is 2.16. The van der Waals surface area contributed by atoms with Gasteiger partial charge in [0.2, 0.25) is 0 Å². The van der Waals surface area contributed by atoms with Crippen LogP contribution in [0.1, 0.15) is 12.0 Å². The second-order valence-electron chi connectivity index (χ2n) is 3.12. The summed E-state index contributed by atoms with van der Waals surface area (Å²) in [6, 6.07) is 1.60. The van der Waals surface area contributed by atoms with Crippen LogP contribution in [0, 0.1) is 10.1 Å². The molecule has 0 aliphatic carbocycles. The van der Waals surface area contributed by atoms with Crippen molar-refractivity contribution in [1.82, 2.24) is 5.32 Å². The molecule has 6 heteroatoms. The smallest absolute Gasteiger partial charge is 0.324 e. The molecule has 88 valence electrons. The van der Waals surface area contributed by atoms with E-state index in [4.69, 9.17) is 4.74 Å². The number of thiophene rings is 1. The monoisotopic (exact) mass is 242 g/mol. The maximum Gasteiger partial charge on any atom is 0.324 e. The fourth-order valence-corrected chi connectivity index (χ4v) is 1.88. The van der Waals surface area contributed by atoms with E-state index < -0.39 is 0 Å². The Morgan fingerprint density at radius 3 is 3.12 bits per heavy atom. The lowest BCUT2D eigenvalue weighted by Gasteiger charge is -2.02. The molecule has 0 spiro atoms. The van der Waals surface area contributed by atoms with Crippen LogP contribution in [0.4, 0.5) is 5.00 Å². The first kappa shape index (κ1) is 12.7. The van der Waals surface area contributed by atoms with Crippen LogP contribution >= 0.6 is 11.3 Å². The predicted molar refractivity (Wildman–Crippen MR) is 63.4 cm³/mol. The third kappa shape index (κ3) is 4.41. The van der Waals surface area contributed by atoms with Gasteiger partial charge in [-0.25, -0.2) is 0 Å². The van der Waals surface area contributed by atoms with Crippen LogP contribution in [0.2, 0.25) is 0 Å². The van der Waals surface area contributed by atoms with Gasteiger partial charge in [0.25, 0.3) is 0 Å². The number of nitro groups is 1. The average molecular weight is 242 g/mol. The van der Waals surface area contributed by atoms with Gasteiger partial charge in [-0.3, -0.25) is 10.1 Å². The maximum atomic E-state index is 10.4. The van der Waals surface area contributed by atoms with E-state index in [0.717, 1.165) is 29.9 Å². The lowest BCUT2D eigenvalue weighted by Crippen LogP contribution is -2.15. The van der Waals surface area contributed by atoms with Crippen molar-refractivity contribution in [2.24, 2.45) is 0 Å². The fourth-order valence-electron chi connectivity index (χ4n) is 1.15. The topological polar surface area (TPSA) is 64.4 Å². The van der Waals surface area contributed by atoms with Crippen LogP contribution in [-0.2, 0) is 11.3 Å². The van der Waals surface area contributed by atoms with Crippen molar-refractivity contribution >= 4 is 16.3 Å². The van der Waals surface area contributed by atoms with E-state index in [1.54, 1.807) is 11.4 Å². The minimum absolute atomic E-state index is 0.187. The summed E-state index contributed by atoms with van der Waals surface area (Å²) in [6.45, 7) is 5.55. The quantitative estimate of drug-likeness (QED) is 0.329. The highest BCUT2D eigenvalue weighted by Crippen LogP contribution is 2.22. The third-order valence-electron chi connectivity index (χ3n) is 1.88. The summed E-state index contributed by atoms with van der Waals surface area (Å²) < 4.78 is 4.96. The van der Waals surface area contributed by atoms with Crippen LogP contribution in [0.25, 0.3) is 0 Å². The molecule has 0 unspecified atom stereocenters. The van der Waals surface area contributed by atoms with E-state index >= 15 is 0 Å². The molecular weight excluding hydrogens is 228 g/mol. The molecule has 0 aliphatic rings. The molecule has 0 saturated carbocycles. The first-order valence-corrected chi connectivity index (χ1v) is 5.77. The van der Waals surface area contributed by atoms with E-state index in [1.165, 1.54) is 6.26 Å². The summed E-state index contributed by atoms with van der Waals surface area (Å²) in [7, 11) is 0. The SMILES string of the molecule is C=COCCCNCc1csc([N+](=O)[O-])c1. The number of nitrogens with one attached hydrogen (secondary N) is 1. The van der Waals surface area contributed by atoms with E-state index in [0.29, 0.717) is 13.2 Å². The van der Waals surface area contributed by atoms with Crippen LogP contribution in [0.3, 0.4) is 0 Å². The molecule has 0 saturated heterocycles. The van der Waals surface area contributed by atoms with Gasteiger partial charge < -0.3 is 10.1 Å². The Bertz CT molecular complexity index is 352. The van der Waals surface area contributed by atoms with Gasteiger partial charge in [-0.15, -0.1) is 0 Å². The first-order valence-electron chi connectivity index (χ1n) is 4.89. The lowest BCUT2D eigenvalue weighted by molar-refractivity contribution is -0.380. The highest BCUT2D eigenvalue weighted by atomic mass is 32.1. The highest BCUT2D eigenvalue weighted by Gasteiger charge is 2.08. The minimum atomic E-state index is -0.369. The van der Waals surface area contributed by atoms with Gasteiger partial charge in [0, 0.05) is 18.0 Å². The Kier molecular flexibility index (Phi) is 5.52. The molecule has 1 rings (SSSR count). The van der Waals surface area contributed by atoms with Crippen LogP contribution in [0.5, 0.6) is 0 Å². The molecule has 1 aromatic heterocycles. The summed E-state index contributed by atoms with van der Waals surface area (Å²) in [5.74, 6) is 0. The molecule has 0 aromatic carbocycles. The molecular formula is C10H14N2O3S. The van der Waals surface area contributed by atoms with Gasteiger partial charge in [-0.05, 0) is 18.5 Å². The standard InChI is InChI=1S/C10H14N2O3S/c1-2-15-5-3-4-11-7-9-6-10(12(13)14)16-8-9/h2,6,8,11H,1,3-5,7H2. The maximum absolute atomic E-state index is 10.4. The van der Waals surface area contributed by atoms with Crippen molar-refractivity contribution in [2.45, 2.75) is 13.0 Å². The zero-order valence-corrected chi connectivity index (χ0v) is 9.66. The van der Waals surface area contributed by atoms with E-state index in [1.807, 2.05) is 0 Å². The molecule has 1 heterocycles. The van der Waals surface area contributed by atoms with E-state index in [9.17, 15) is 10.1 Å². The number of hydrogen-bond donors (Lipinski definition) is 1. The molecule has 5 nitrogen and oxygen atoms in total. The fraction of sp³-hybridized carbons (Fsp3) is 0.400. The van der Waals surface area contributed by atoms with Gasteiger partial charge in [0.05, 0.1) is 17.8 Å². The molecule has 0 radical (unpaired) electrons. The van der Waals surface area contributed by atoms with Gasteiger partial charge in [0.1, 0.15) is 0 Å². The summed E-state index contributed by atoms with van der Waals surface area (Å²) in [5.41, 5.74) is 0.946. The van der Waals surface area contributed by atoms with E-state index in [-0.39, 0.29) is 9.92 Å². The zero-order chi connectivity index (χ0) is 11.8. The largest absolute Gasteiger partial charge is 0.502 e. The van der Waals surface area contributed by atoms with Crippen molar-refractivity contribution in [2.75, 3.05) is 13.2 Å². The number of rotatable bonds is 8. The molecule has 0 bridgehead atoms. The molecule has 0 atom stereocenters. The Morgan fingerprint density at radius 2 is 2.50 bits per heavy atom. The molecule has 0 fully saturated rings. The summed E-state index contributed by atoms with van der Waals surface area (Å²) in [5, 5.41) is 15.6. The van der Waals surface area contributed by atoms with Crippen molar-refractivity contribution in [1.29, 1.82) is 0 Å². The Labute approximate surface area is 97.9 Å². The Hall–Kier alpha value is -1.40. The van der Waals surface area contributed by atoms with E-state index in [2.05, 4.69) is 11.9 Å². The minimum Gasteiger partial charge on any atom is -0.502 e. The Morgan fingerprint density at radius 1 is 1.69 bits per heavy atom.